The Bertz CT molecular complexity index is 1290. The summed E-state index contributed by atoms with van der Waals surface area (Å²) in [7, 11) is 1.90. The van der Waals surface area contributed by atoms with Crippen LogP contribution in [0.15, 0.2) is 88.6 Å². The maximum absolute atomic E-state index is 11.4. The quantitative estimate of drug-likeness (QED) is 0.373. The fraction of sp³-hybridized carbons (Fsp3) is 0.130. The minimum Gasteiger partial charge on any atom is -0.454 e. The van der Waals surface area contributed by atoms with E-state index in [1.165, 1.54) is 0 Å². The zero-order valence-electron chi connectivity index (χ0n) is 16.3. The van der Waals surface area contributed by atoms with Gasteiger partial charge < -0.3 is 9.32 Å². The van der Waals surface area contributed by atoms with E-state index in [4.69, 9.17) is 9.52 Å². The van der Waals surface area contributed by atoms with Crippen LogP contribution in [0.5, 0.6) is 0 Å². The lowest BCUT2D eigenvalue weighted by Crippen LogP contribution is -2.24. The molecule has 0 N–H and O–H groups in total. The first-order chi connectivity index (χ1) is 14.7. The fourth-order valence-electron chi connectivity index (χ4n) is 3.57. The van der Waals surface area contributed by atoms with Crippen molar-refractivity contribution in [1.82, 2.24) is 14.6 Å². The van der Waals surface area contributed by atoms with Crippen molar-refractivity contribution >= 4 is 22.4 Å². The van der Waals surface area contributed by atoms with Crippen molar-refractivity contribution in [1.29, 1.82) is 0 Å². The molecule has 0 radical (unpaired) electrons. The third kappa shape index (κ3) is 3.20. The van der Waals surface area contributed by atoms with Gasteiger partial charge in [0.15, 0.2) is 11.4 Å². The highest BCUT2D eigenvalue weighted by Gasteiger charge is 2.17. The van der Waals surface area contributed by atoms with Crippen molar-refractivity contribution in [2.45, 2.75) is 6.04 Å². The van der Waals surface area contributed by atoms with Gasteiger partial charge in [0.05, 0.1) is 6.20 Å². The van der Waals surface area contributed by atoms with Crippen LogP contribution in [0.25, 0.3) is 28.1 Å². The molecule has 0 amide bonds. The normalized spacial score (nSPS) is 12.3. The van der Waals surface area contributed by atoms with Crippen molar-refractivity contribution in [2.24, 2.45) is 5.18 Å². The summed E-state index contributed by atoms with van der Waals surface area (Å²) in [5.74, 6) is 1.41. The summed E-state index contributed by atoms with van der Waals surface area (Å²) in [6.45, 7) is 0.417. The summed E-state index contributed by atoms with van der Waals surface area (Å²) in [6, 6.07) is 22.7. The Morgan fingerprint density at radius 3 is 2.67 bits per heavy atom. The second kappa shape index (κ2) is 7.44. The van der Waals surface area contributed by atoms with Crippen molar-refractivity contribution in [3.05, 3.63) is 89.5 Å². The molecule has 7 nitrogen and oxygen atoms in total. The molecule has 0 saturated heterocycles. The predicted octanol–water partition coefficient (Wildman–Crippen LogP) is 5.09. The van der Waals surface area contributed by atoms with Gasteiger partial charge >= 0.3 is 0 Å². The van der Waals surface area contributed by atoms with Gasteiger partial charge in [-0.3, -0.25) is 0 Å². The van der Waals surface area contributed by atoms with Gasteiger partial charge in [0.1, 0.15) is 23.1 Å². The molecular weight excluding hydrogens is 378 g/mol. The van der Waals surface area contributed by atoms with E-state index in [0.29, 0.717) is 18.1 Å². The molecule has 3 aromatic heterocycles. The maximum Gasteiger partial charge on any atom is 0.155 e. The number of fused-ring (bicyclic) bond motifs is 2. The molecule has 0 aliphatic carbocycles. The Morgan fingerprint density at radius 1 is 1.07 bits per heavy atom. The standard InChI is InChI=1S/C23H19N5O2/c1-27(15-18(26-29)16-7-3-2-4-8-16)23-12-11-22-24-14-19(28(22)25-23)21-13-17-9-5-6-10-20(17)30-21/h2-14,18H,15H2,1H3. The summed E-state index contributed by atoms with van der Waals surface area (Å²) < 4.78 is 7.75. The Morgan fingerprint density at radius 2 is 1.87 bits per heavy atom. The molecule has 1 atom stereocenters. The van der Waals surface area contributed by atoms with Crippen LogP contribution in [0.4, 0.5) is 5.82 Å². The largest absolute Gasteiger partial charge is 0.454 e. The Kier molecular flexibility index (Phi) is 4.48. The second-order valence-corrected chi connectivity index (χ2v) is 7.17. The molecule has 0 saturated carbocycles. The molecule has 5 aromatic rings. The van der Waals surface area contributed by atoms with Gasteiger partial charge in [-0.05, 0) is 29.8 Å². The summed E-state index contributed by atoms with van der Waals surface area (Å²) >= 11 is 0. The molecule has 0 spiro atoms. The first-order valence-electron chi connectivity index (χ1n) is 9.65. The van der Waals surface area contributed by atoms with E-state index in [1.54, 1.807) is 10.7 Å². The maximum atomic E-state index is 11.4. The van der Waals surface area contributed by atoms with E-state index in [1.807, 2.05) is 84.7 Å². The number of nitroso groups, excluding NO2 is 1. The third-order valence-corrected chi connectivity index (χ3v) is 5.18. The molecule has 7 heteroatoms. The highest BCUT2D eigenvalue weighted by atomic mass is 16.3. The summed E-state index contributed by atoms with van der Waals surface area (Å²) in [6.07, 6.45) is 1.75. The molecule has 0 aliphatic heterocycles. The van der Waals surface area contributed by atoms with E-state index < -0.39 is 6.04 Å². The van der Waals surface area contributed by atoms with Crippen molar-refractivity contribution < 1.29 is 4.42 Å². The lowest BCUT2D eigenvalue weighted by Gasteiger charge is -2.21. The third-order valence-electron chi connectivity index (χ3n) is 5.18. The first kappa shape index (κ1) is 18.1. The van der Waals surface area contributed by atoms with E-state index in [9.17, 15) is 4.91 Å². The monoisotopic (exact) mass is 397 g/mol. The number of imidazole rings is 1. The summed E-state index contributed by atoms with van der Waals surface area (Å²) in [5.41, 5.74) is 3.19. The number of hydrogen-bond donors (Lipinski definition) is 0. The smallest absolute Gasteiger partial charge is 0.155 e. The summed E-state index contributed by atoms with van der Waals surface area (Å²) in [5, 5.41) is 9.08. The second-order valence-electron chi connectivity index (χ2n) is 7.17. The van der Waals surface area contributed by atoms with Gasteiger partial charge in [-0.1, -0.05) is 53.7 Å². The molecule has 30 heavy (non-hydrogen) atoms. The zero-order valence-corrected chi connectivity index (χ0v) is 16.3. The lowest BCUT2D eigenvalue weighted by molar-refractivity contribution is 0.625. The molecule has 0 aliphatic rings. The van der Waals surface area contributed by atoms with Gasteiger partial charge in [0.25, 0.3) is 0 Å². The van der Waals surface area contributed by atoms with Crippen molar-refractivity contribution in [3.63, 3.8) is 0 Å². The number of nitrogens with zero attached hydrogens (tertiary/aromatic N) is 5. The van der Waals surface area contributed by atoms with E-state index in [2.05, 4.69) is 10.2 Å². The minimum atomic E-state index is -0.480. The average molecular weight is 397 g/mol. The number of anilines is 1. The van der Waals surface area contributed by atoms with Gasteiger partial charge in [0, 0.05) is 19.0 Å². The van der Waals surface area contributed by atoms with Gasteiger partial charge in [0.2, 0.25) is 0 Å². The number of hydrogen-bond acceptors (Lipinski definition) is 6. The van der Waals surface area contributed by atoms with Gasteiger partial charge in [-0.15, -0.1) is 5.10 Å². The molecule has 0 bridgehead atoms. The van der Waals surface area contributed by atoms with Crippen LogP contribution in [0, 0.1) is 4.91 Å². The molecule has 2 aromatic carbocycles. The SMILES string of the molecule is CN(CC(N=O)c1ccccc1)c1ccc2ncc(-c3cc4ccccc4o3)n2n1. The van der Waals surface area contributed by atoms with Crippen molar-refractivity contribution in [2.75, 3.05) is 18.5 Å². The number of rotatable bonds is 6. The van der Waals surface area contributed by atoms with E-state index in [-0.39, 0.29) is 0 Å². The lowest BCUT2D eigenvalue weighted by atomic mass is 10.1. The van der Waals surface area contributed by atoms with Crippen LogP contribution < -0.4 is 4.90 Å². The Labute approximate surface area is 172 Å². The number of aromatic nitrogens is 3. The van der Waals surface area contributed by atoms with Crippen LogP contribution in [-0.4, -0.2) is 28.2 Å². The topological polar surface area (TPSA) is 76.0 Å². The van der Waals surface area contributed by atoms with Gasteiger partial charge in [-0.25, -0.2) is 9.50 Å². The number of likely N-dealkylation sites (N-methyl/N-ethyl adjacent to an activating group) is 1. The van der Waals surface area contributed by atoms with Crippen LogP contribution in [0.1, 0.15) is 11.6 Å². The van der Waals surface area contributed by atoms with Gasteiger partial charge in [-0.2, -0.15) is 4.91 Å². The predicted molar refractivity (Wildman–Crippen MR) is 116 cm³/mol. The summed E-state index contributed by atoms with van der Waals surface area (Å²) in [4.78, 5) is 17.8. The fourth-order valence-corrected chi connectivity index (χ4v) is 3.57. The average Bonchev–Trinajstić information content (AvgIpc) is 3.41. The van der Waals surface area contributed by atoms with Crippen LogP contribution in [-0.2, 0) is 0 Å². The van der Waals surface area contributed by atoms with Crippen LogP contribution in [0.3, 0.4) is 0 Å². The Balaban J connectivity index is 1.48. The molecule has 148 valence electrons. The van der Waals surface area contributed by atoms with E-state index >= 15 is 0 Å². The zero-order chi connectivity index (χ0) is 20.5. The minimum absolute atomic E-state index is 0.417. The molecule has 5 rings (SSSR count). The molecule has 3 heterocycles. The number of para-hydroxylation sites is 1. The highest BCUT2D eigenvalue weighted by molar-refractivity contribution is 5.82. The van der Waals surface area contributed by atoms with E-state index in [0.717, 1.165) is 27.9 Å². The number of furan rings is 1. The molecular formula is C23H19N5O2. The number of benzene rings is 2. The molecule has 1 unspecified atom stereocenters. The molecule has 0 fully saturated rings. The van der Waals surface area contributed by atoms with Crippen LogP contribution >= 0.6 is 0 Å². The van der Waals surface area contributed by atoms with Crippen molar-refractivity contribution in [3.8, 4) is 11.5 Å². The van der Waals surface area contributed by atoms with Crippen LogP contribution in [0.2, 0.25) is 0 Å². The highest BCUT2D eigenvalue weighted by Crippen LogP contribution is 2.28. The first-order valence-corrected chi connectivity index (χ1v) is 9.65. The Hall–Kier alpha value is -4.00.